The molecule has 1 aromatic rings. The standard InChI is InChI=1S/C9H10O2.C6H10ClNO/c1-7-2-4-8(5-3-7)6-9(10)11;7-5-3-1-2-4-6(5)8-9/h2-5H,6H2,1H3,(H,10,11);5,9H,1-4H2. The van der Waals surface area contributed by atoms with Gasteiger partial charge in [-0.05, 0) is 31.7 Å². The van der Waals surface area contributed by atoms with E-state index in [0.717, 1.165) is 42.5 Å². The second-order valence-corrected chi connectivity index (χ2v) is 5.39. The minimum absolute atomic E-state index is 0.0104. The molecule has 1 atom stereocenters. The van der Waals surface area contributed by atoms with E-state index < -0.39 is 5.97 Å². The van der Waals surface area contributed by atoms with Gasteiger partial charge < -0.3 is 10.3 Å². The smallest absolute Gasteiger partial charge is 0.307 e. The van der Waals surface area contributed by atoms with Gasteiger partial charge in [-0.25, -0.2) is 0 Å². The number of halogens is 1. The largest absolute Gasteiger partial charge is 0.481 e. The highest BCUT2D eigenvalue weighted by atomic mass is 35.5. The van der Waals surface area contributed by atoms with Crippen molar-refractivity contribution in [2.24, 2.45) is 5.16 Å². The Morgan fingerprint density at radius 2 is 2.00 bits per heavy atom. The maximum Gasteiger partial charge on any atom is 0.307 e. The molecule has 0 aliphatic heterocycles. The van der Waals surface area contributed by atoms with Gasteiger partial charge >= 0.3 is 5.97 Å². The molecule has 0 spiro atoms. The van der Waals surface area contributed by atoms with Crippen LogP contribution < -0.4 is 0 Å². The molecule has 0 radical (unpaired) electrons. The molecule has 20 heavy (non-hydrogen) atoms. The van der Waals surface area contributed by atoms with Crippen molar-refractivity contribution in [3.05, 3.63) is 35.4 Å². The predicted molar refractivity (Wildman–Crippen MR) is 79.8 cm³/mol. The summed E-state index contributed by atoms with van der Waals surface area (Å²) in [6.07, 6.45) is 4.21. The lowest BCUT2D eigenvalue weighted by atomic mass is 9.98. The summed E-state index contributed by atoms with van der Waals surface area (Å²) < 4.78 is 0. The highest BCUT2D eigenvalue weighted by Crippen LogP contribution is 2.19. The second-order valence-electron chi connectivity index (χ2n) is 4.86. The summed E-state index contributed by atoms with van der Waals surface area (Å²) >= 11 is 5.79. The van der Waals surface area contributed by atoms with Gasteiger partial charge in [0.15, 0.2) is 0 Å². The van der Waals surface area contributed by atoms with Crippen LogP contribution in [0.25, 0.3) is 0 Å². The van der Waals surface area contributed by atoms with E-state index in [-0.39, 0.29) is 11.8 Å². The summed E-state index contributed by atoms with van der Waals surface area (Å²) in [6.45, 7) is 1.98. The SMILES string of the molecule is Cc1ccc(CC(=O)O)cc1.ON=C1CCCCC1Cl. The summed E-state index contributed by atoms with van der Waals surface area (Å²) in [6, 6.07) is 7.50. The number of hydrogen-bond donors (Lipinski definition) is 2. The van der Waals surface area contributed by atoms with Crippen LogP contribution in [0.15, 0.2) is 29.4 Å². The lowest BCUT2D eigenvalue weighted by molar-refractivity contribution is -0.136. The molecule has 0 bridgehead atoms. The lowest BCUT2D eigenvalue weighted by Crippen LogP contribution is -2.18. The molecule has 0 heterocycles. The molecule has 110 valence electrons. The first kappa shape index (κ1) is 16.5. The Kier molecular flexibility index (Phi) is 7.09. The number of rotatable bonds is 2. The number of carboxylic acids is 1. The number of aryl methyl sites for hydroxylation is 1. The van der Waals surface area contributed by atoms with Crippen LogP contribution in [0.4, 0.5) is 0 Å². The van der Waals surface area contributed by atoms with Crippen molar-refractivity contribution in [1.29, 1.82) is 0 Å². The van der Waals surface area contributed by atoms with Gasteiger partial charge in [-0.3, -0.25) is 4.79 Å². The maximum absolute atomic E-state index is 10.3. The van der Waals surface area contributed by atoms with E-state index in [1.165, 1.54) is 0 Å². The van der Waals surface area contributed by atoms with Crippen LogP contribution in [-0.4, -0.2) is 27.4 Å². The summed E-state index contributed by atoms with van der Waals surface area (Å²) in [5, 5.41) is 19.9. The van der Waals surface area contributed by atoms with Crippen molar-refractivity contribution >= 4 is 23.3 Å². The molecule has 1 aliphatic rings. The van der Waals surface area contributed by atoms with E-state index >= 15 is 0 Å². The van der Waals surface area contributed by atoms with Gasteiger partial charge in [0.05, 0.1) is 17.5 Å². The van der Waals surface area contributed by atoms with Crippen LogP contribution in [0.5, 0.6) is 0 Å². The highest BCUT2D eigenvalue weighted by Gasteiger charge is 2.17. The zero-order chi connectivity index (χ0) is 15.0. The van der Waals surface area contributed by atoms with Crippen molar-refractivity contribution < 1.29 is 15.1 Å². The minimum Gasteiger partial charge on any atom is -0.481 e. The van der Waals surface area contributed by atoms with E-state index in [2.05, 4.69) is 5.16 Å². The lowest BCUT2D eigenvalue weighted by Gasteiger charge is -2.15. The van der Waals surface area contributed by atoms with Gasteiger partial charge in [0, 0.05) is 0 Å². The first-order valence-corrected chi connectivity index (χ1v) is 7.08. The monoisotopic (exact) mass is 297 g/mol. The molecular formula is C15H20ClNO3. The van der Waals surface area contributed by atoms with Crippen LogP contribution in [-0.2, 0) is 11.2 Å². The minimum atomic E-state index is -0.783. The molecule has 1 fully saturated rings. The molecule has 2 rings (SSSR count). The van der Waals surface area contributed by atoms with Gasteiger partial charge in [0.2, 0.25) is 0 Å². The zero-order valence-corrected chi connectivity index (χ0v) is 12.3. The van der Waals surface area contributed by atoms with E-state index in [4.69, 9.17) is 21.9 Å². The third kappa shape index (κ3) is 6.06. The van der Waals surface area contributed by atoms with Gasteiger partial charge in [0.1, 0.15) is 0 Å². The molecule has 1 aromatic carbocycles. The number of alkyl halides is 1. The van der Waals surface area contributed by atoms with Crippen molar-refractivity contribution in [2.75, 3.05) is 0 Å². The van der Waals surface area contributed by atoms with Gasteiger partial charge in [-0.2, -0.15) is 0 Å². The van der Waals surface area contributed by atoms with Gasteiger partial charge in [-0.1, -0.05) is 41.4 Å². The van der Waals surface area contributed by atoms with Crippen molar-refractivity contribution in [3.63, 3.8) is 0 Å². The molecule has 2 N–H and O–H groups in total. The predicted octanol–water partition coefficient (Wildman–Crippen LogP) is 3.62. The molecule has 0 aromatic heterocycles. The number of aliphatic carboxylic acids is 1. The quantitative estimate of drug-likeness (QED) is 0.497. The van der Waals surface area contributed by atoms with Crippen LogP contribution >= 0.6 is 11.6 Å². The molecule has 1 aliphatic carbocycles. The zero-order valence-electron chi connectivity index (χ0n) is 11.6. The Morgan fingerprint density at radius 1 is 1.35 bits per heavy atom. The van der Waals surface area contributed by atoms with E-state index in [1.807, 2.05) is 31.2 Å². The fourth-order valence-corrected chi connectivity index (χ4v) is 2.25. The fraction of sp³-hybridized carbons (Fsp3) is 0.467. The molecule has 5 heteroatoms. The highest BCUT2D eigenvalue weighted by molar-refractivity contribution is 6.32. The third-order valence-corrected chi connectivity index (χ3v) is 3.58. The van der Waals surface area contributed by atoms with Crippen molar-refractivity contribution in [3.8, 4) is 0 Å². The second kappa shape index (κ2) is 8.59. The molecule has 0 saturated heterocycles. The number of oxime groups is 1. The summed E-state index contributed by atoms with van der Waals surface area (Å²) in [5.74, 6) is -0.783. The van der Waals surface area contributed by atoms with Crippen LogP contribution in [0.1, 0.15) is 36.8 Å². The van der Waals surface area contributed by atoms with Crippen LogP contribution in [0.3, 0.4) is 0 Å². The van der Waals surface area contributed by atoms with E-state index in [1.54, 1.807) is 0 Å². The average molecular weight is 298 g/mol. The molecule has 1 saturated carbocycles. The summed E-state index contributed by atoms with van der Waals surface area (Å²) in [7, 11) is 0. The fourth-order valence-electron chi connectivity index (χ4n) is 1.95. The van der Waals surface area contributed by atoms with Crippen molar-refractivity contribution in [1.82, 2.24) is 0 Å². The first-order valence-electron chi connectivity index (χ1n) is 6.65. The Labute approximate surface area is 124 Å². The number of nitrogens with zero attached hydrogens (tertiary/aromatic N) is 1. The maximum atomic E-state index is 10.3. The van der Waals surface area contributed by atoms with Crippen LogP contribution in [0, 0.1) is 6.92 Å². The Hall–Kier alpha value is -1.55. The molecule has 0 amide bonds. The normalized spacial score (nSPS) is 20.1. The topological polar surface area (TPSA) is 69.9 Å². The summed E-state index contributed by atoms with van der Waals surface area (Å²) in [5.41, 5.74) is 2.75. The number of carbonyl (C=O) groups is 1. The Bertz CT molecular complexity index is 457. The molecule has 1 unspecified atom stereocenters. The van der Waals surface area contributed by atoms with E-state index in [0.29, 0.717) is 0 Å². The van der Waals surface area contributed by atoms with Gasteiger partial charge in [-0.15, -0.1) is 11.6 Å². The number of carboxylic acid groups (broad SMARTS) is 1. The Morgan fingerprint density at radius 3 is 2.45 bits per heavy atom. The Balaban J connectivity index is 0.000000204. The molecular weight excluding hydrogens is 278 g/mol. The average Bonchev–Trinajstić information content (AvgIpc) is 2.42. The van der Waals surface area contributed by atoms with Crippen LogP contribution in [0.2, 0.25) is 0 Å². The first-order chi connectivity index (χ1) is 9.52. The van der Waals surface area contributed by atoms with Crippen molar-refractivity contribution in [2.45, 2.75) is 44.4 Å². The third-order valence-electron chi connectivity index (χ3n) is 3.11. The number of hydrogen-bond acceptors (Lipinski definition) is 3. The summed E-state index contributed by atoms with van der Waals surface area (Å²) in [4.78, 5) is 10.3. The van der Waals surface area contributed by atoms with E-state index in [9.17, 15) is 4.79 Å². The molecule has 4 nitrogen and oxygen atoms in total. The number of benzene rings is 1. The van der Waals surface area contributed by atoms with Gasteiger partial charge in [0.25, 0.3) is 0 Å².